The Labute approximate surface area is 139 Å². The number of nitrogens with one attached hydrogen (secondary N) is 1. The van der Waals surface area contributed by atoms with Crippen LogP contribution in [0.1, 0.15) is 49.3 Å². The number of nitrogens with zero attached hydrogens (tertiary/aromatic N) is 1. The molecule has 3 rings (SSSR count). The van der Waals surface area contributed by atoms with E-state index >= 15 is 0 Å². The first kappa shape index (κ1) is 15.9. The second-order valence-electron chi connectivity index (χ2n) is 6.84. The maximum atomic E-state index is 5.38. The van der Waals surface area contributed by atoms with Gasteiger partial charge in [0, 0.05) is 12.7 Å². The molecule has 0 saturated heterocycles. The van der Waals surface area contributed by atoms with Gasteiger partial charge in [-0.15, -0.1) is 0 Å². The summed E-state index contributed by atoms with van der Waals surface area (Å²) in [6, 6.07) is 10.7. The Morgan fingerprint density at radius 1 is 1.22 bits per heavy atom. The van der Waals surface area contributed by atoms with Crippen molar-refractivity contribution in [3.05, 3.63) is 53.2 Å². The van der Waals surface area contributed by atoms with Gasteiger partial charge >= 0.3 is 0 Å². The minimum Gasteiger partial charge on any atom is -0.497 e. The quantitative estimate of drug-likeness (QED) is 0.799. The molecule has 1 fully saturated rings. The van der Waals surface area contributed by atoms with Gasteiger partial charge in [0.25, 0.3) is 0 Å². The number of pyridine rings is 1. The summed E-state index contributed by atoms with van der Waals surface area (Å²) in [5.41, 5.74) is 4.12. The highest BCUT2D eigenvalue weighted by atomic mass is 16.5. The van der Waals surface area contributed by atoms with Crippen LogP contribution >= 0.6 is 0 Å². The normalized spacial score (nSPS) is 14.1. The molecule has 1 aliphatic rings. The van der Waals surface area contributed by atoms with Crippen LogP contribution in [0.15, 0.2) is 36.5 Å². The average Bonchev–Trinajstić information content (AvgIpc) is 3.37. The molecular weight excluding hydrogens is 284 g/mol. The van der Waals surface area contributed by atoms with Crippen LogP contribution in [0.4, 0.5) is 5.82 Å². The van der Waals surface area contributed by atoms with Crippen molar-refractivity contribution in [2.45, 2.75) is 45.6 Å². The summed E-state index contributed by atoms with van der Waals surface area (Å²) in [6.45, 7) is 5.28. The number of anilines is 1. The van der Waals surface area contributed by atoms with Gasteiger partial charge in [0.05, 0.1) is 7.11 Å². The third-order valence-electron chi connectivity index (χ3n) is 4.30. The summed E-state index contributed by atoms with van der Waals surface area (Å²) in [7, 11) is 1.72. The molecule has 3 heteroatoms. The zero-order valence-corrected chi connectivity index (χ0v) is 14.3. The third-order valence-corrected chi connectivity index (χ3v) is 4.30. The summed E-state index contributed by atoms with van der Waals surface area (Å²) < 4.78 is 5.38. The van der Waals surface area contributed by atoms with E-state index in [4.69, 9.17) is 4.74 Å². The van der Waals surface area contributed by atoms with E-state index in [-0.39, 0.29) is 0 Å². The number of aromatic nitrogens is 1. The topological polar surface area (TPSA) is 34.1 Å². The van der Waals surface area contributed by atoms with Crippen molar-refractivity contribution in [3.8, 4) is 5.75 Å². The van der Waals surface area contributed by atoms with E-state index in [0.29, 0.717) is 5.92 Å². The minimum atomic E-state index is 0.658. The number of ether oxygens (including phenoxy) is 1. The molecule has 1 saturated carbocycles. The van der Waals surface area contributed by atoms with Crippen LogP contribution in [0.3, 0.4) is 0 Å². The smallest absolute Gasteiger partial charge is 0.126 e. The van der Waals surface area contributed by atoms with Crippen molar-refractivity contribution < 1.29 is 4.74 Å². The molecule has 3 nitrogen and oxygen atoms in total. The molecule has 0 aliphatic heterocycles. The molecule has 1 aromatic heterocycles. The highest BCUT2D eigenvalue weighted by molar-refractivity contribution is 5.44. The summed E-state index contributed by atoms with van der Waals surface area (Å²) in [5, 5.41) is 3.48. The lowest BCUT2D eigenvalue weighted by atomic mass is 10.0. The zero-order chi connectivity index (χ0) is 16.2. The van der Waals surface area contributed by atoms with Gasteiger partial charge in [0.2, 0.25) is 0 Å². The van der Waals surface area contributed by atoms with E-state index in [9.17, 15) is 0 Å². The zero-order valence-electron chi connectivity index (χ0n) is 14.3. The first-order valence-electron chi connectivity index (χ1n) is 8.51. The lowest BCUT2D eigenvalue weighted by Gasteiger charge is -2.13. The molecule has 0 amide bonds. The fourth-order valence-corrected chi connectivity index (χ4v) is 3.01. The molecular formula is C20H26N2O. The van der Waals surface area contributed by atoms with Crippen molar-refractivity contribution in [2.75, 3.05) is 12.4 Å². The molecule has 1 N–H and O–H groups in total. The number of rotatable bonds is 7. The molecule has 1 aliphatic carbocycles. The Morgan fingerprint density at radius 2 is 2.04 bits per heavy atom. The third kappa shape index (κ3) is 4.25. The van der Waals surface area contributed by atoms with E-state index in [1.54, 1.807) is 7.11 Å². The van der Waals surface area contributed by atoms with Crippen LogP contribution in [0.2, 0.25) is 0 Å². The van der Waals surface area contributed by atoms with Crippen LogP contribution in [-0.4, -0.2) is 12.1 Å². The fourth-order valence-electron chi connectivity index (χ4n) is 3.01. The second kappa shape index (κ2) is 7.03. The Hall–Kier alpha value is -2.03. The summed E-state index contributed by atoms with van der Waals surface area (Å²) >= 11 is 0. The molecule has 0 atom stereocenters. The molecule has 1 heterocycles. The Kier molecular flexibility index (Phi) is 4.85. The summed E-state index contributed by atoms with van der Waals surface area (Å²) in [5.74, 6) is 3.27. The van der Waals surface area contributed by atoms with Crippen LogP contribution in [0, 0.1) is 5.92 Å². The maximum Gasteiger partial charge on any atom is 0.126 e. The molecule has 2 aromatic rings. The highest BCUT2D eigenvalue weighted by Crippen LogP contribution is 2.42. The number of hydrogen-bond donors (Lipinski definition) is 1. The molecule has 23 heavy (non-hydrogen) atoms. The molecule has 0 radical (unpaired) electrons. The molecule has 1 aromatic carbocycles. The Bertz CT molecular complexity index is 662. The maximum absolute atomic E-state index is 5.38. The van der Waals surface area contributed by atoms with Gasteiger partial charge in [-0.3, -0.25) is 0 Å². The molecule has 0 spiro atoms. The van der Waals surface area contributed by atoms with Gasteiger partial charge in [0.1, 0.15) is 11.6 Å². The summed E-state index contributed by atoms with van der Waals surface area (Å²) in [6.07, 6.45) is 5.60. The predicted molar refractivity (Wildman–Crippen MR) is 95.1 cm³/mol. The van der Waals surface area contributed by atoms with Crippen molar-refractivity contribution >= 4 is 5.82 Å². The lowest BCUT2D eigenvalue weighted by molar-refractivity contribution is 0.414. The van der Waals surface area contributed by atoms with Crippen molar-refractivity contribution in [3.63, 3.8) is 0 Å². The monoisotopic (exact) mass is 310 g/mol. The second-order valence-corrected chi connectivity index (χ2v) is 6.84. The Morgan fingerprint density at radius 3 is 2.74 bits per heavy atom. The van der Waals surface area contributed by atoms with E-state index in [1.165, 1.54) is 29.5 Å². The number of methoxy groups -OCH3 is 1. The molecule has 0 bridgehead atoms. The highest BCUT2D eigenvalue weighted by Gasteiger charge is 2.26. The van der Waals surface area contributed by atoms with Gasteiger partial charge in [-0.1, -0.05) is 19.9 Å². The SMILES string of the molecule is COc1ccc(C2CC2)c(CNc2cc(CC(C)C)ccn2)c1. The lowest BCUT2D eigenvalue weighted by Crippen LogP contribution is -2.05. The van der Waals surface area contributed by atoms with Crippen molar-refractivity contribution in [1.29, 1.82) is 0 Å². The van der Waals surface area contributed by atoms with E-state index in [2.05, 4.69) is 54.5 Å². The van der Waals surface area contributed by atoms with E-state index < -0.39 is 0 Å². The summed E-state index contributed by atoms with van der Waals surface area (Å²) in [4.78, 5) is 4.45. The Balaban J connectivity index is 1.72. The minimum absolute atomic E-state index is 0.658. The van der Waals surface area contributed by atoms with Gasteiger partial charge in [-0.05, 0) is 72.1 Å². The van der Waals surface area contributed by atoms with Crippen LogP contribution < -0.4 is 10.1 Å². The predicted octanol–water partition coefficient (Wildman–Crippen LogP) is 4.78. The first-order chi connectivity index (χ1) is 11.2. The van der Waals surface area contributed by atoms with Crippen LogP contribution in [-0.2, 0) is 13.0 Å². The van der Waals surface area contributed by atoms with Crippen molar-refractivity contribution in [2.24, 2.45) is 5.92 Å². The molecule has 0 unspecified atom stereocenters. The average molecular weight is 310 g/mol. The van der Waals surface area contributed by atoms with Crippen LogP contribution in [0.25, 0.3) is 0 Å². The number of hydrogen-bond acceptors (Lipinski definition) is 3. The van der Waals surface area contributed by atoms with Crippen molar-refractivity contribution in [1.82, 2.24) is 4.98 Å². The van der Waals surface area contributed by atoms with Crippen LogP contribution in [0.5, 0.6) is 5.75 Å². The van der Waals surface area contributed by atoms with Gasteiger partial charge in [0.15, 0.2) is 0 Å². The van der Waals surface area contributed by atoms with Gasteiger partial charge < -0.3 is 10.1 Å². The van der Waals surface area contributed by atoms with E-state index in [1.807, 2.05) is 6.20 Å². The first-order valence-corrected chi connectivity index (χ1v) is 8.51. The fraction of sp³-hybridized carbons (Fsp3) is 0.450. The van der Waals surface area contributed by atoms with Gasteiger partial charge in [-0.25, -0.2) is 4.98 Å². The molecule has 122 valence electrons. The van der Waals surface area contributed by atoms with E-state index in [0.717, 1.165) is 30.5 Å². The number of benzene rings is 1. The van der Waals surface area contributed by atoms with Gasteiger partial charge in [-0.2, -0.15) is 0 Å². The largest absolute Gasteiger partial charge is 0.497 e. The standard InChI is InChI=1S/C20H26N2O/c1-14(2)10-15-8-9-21-20(11-15)22-13-17-12-18(23-3)6-7-19(17)16-4-5-16/h6-9,11-12,14,16H,4-5,10,13H2,1-3H3,(H,21,22).